The lowest BCUT2D eigenvalue weighted by Gasteiger charge is -2.28. The minimum atomic E-state index is -0.500. The number of pyridine rings is 1. The predicted molar refractivity (Wildman–Crippen MR) is 144 cm³/mol. The van der Waals surface area contributed by atoms with Crippen molar-refractivity contribution in [3.8, 4) is 22.4 Å². The molecule has 37 heavy (non-hydrogen) atoms. The first-order chi connectivity index (χ1) is 17.7. The van der Waals surface area contributed by atoms with Gasteiger partial charge >= 0.3 is 5.97 Å². The van der Waals surface area contributed by atoms with Gasteiger partial charge in [-0.2, -0.15) is 5.10 Å². The molecule has 0 aliphatic heterocycles. The van der Waals surface area contributed by atoms with Crippen LogP contribution in [0.2, 0.25) is 0 Å². The number of aromatic nitrogens is 3. The first-order valence-electron chi connectivity index (χ1n) is 13.1. The summed E-state index contributed by atoms with van der Waals surface area (Å²) in [5, 5.41) is 4.87. The first kappa shape index (κ1) is 26.7. The molecule has 0 amide bonds. The van der Waals surface area contributed by atoms with Crippen molar-refractivity contribution >= 4 is 5.97 Å². The highest BCUT2D eigenvalue weighted by Crippen LogP contribution is 2.32. The number of hydrogen-bond acceptors (Lipinski definition) is 6. The lowest BCUT2D eigenvalue weighted by molar-refractivity contribution is -0.160. The summed E-state index contributed by atoms with van der Waals surface area (Å²) in [4.78, 5) is 29.3. The molecule has 0 radical (unpaired) electrons. The Morgan fingerprint density at radius 3 is 2.38 bits per heavy atom. The number of rotatable bonds is 8. The van der Waals surface area contributed by atoms with Crippen LogP contribution in [0, 0.1) is 18.8 Å². The highest BCUT2D eigenvalue weighted by Gasteiger charge is 2.24. The number of ether oxygens (including phenoxy) is 2. The molecule has 0 N–H and O–H groups in total. The molecule has 1 saturated carbocycles. The number of carbonyl (C=O) groups excluding carboxylic acids is 1. The fourth-order valence-electron chi connectivity index (χ4n) is 4.87. The standard InChI is InChI=1S/C30H37N3O4/c1-21-16-25(14-15-31-21)26-17-27(34)33(32-29(26)24-8-6-5-7-9-24)18-22-10-12-23(13-11-22)19-36-20-28(35)37-30(2,3)4/h5-9,14-17,22-23H,10-13,18-20H2,1-4H3/t22-,23-. The van der Waals surface area contributed by atoms with Gasteiger partial charge in [-0.1, -0.05) is 30.3 Å². The second-order valence-corrected chi connectivity index (χ2v) is 11.0. The van der Waals surface area contributed by atoms with Crippen LogP contribution in [0.15, 0.2) is 59.5 Å². The Morgan fingerprint density at radius 2 is 1.70 bits per heavy atom. The summed E-state index contributed by atoms with van der Waals surface area (Å²) in [6.07, 6.45) is 5.78. The zero-order valence-corrected chi connectivity index (χ0v) is 22.3. The molecular weight excluding hydrogens is 466 g/mol. The molecule has 3 aromatic rings. The zero-order valence-electron chi connectivity index (χ0n) is 22.3. The summed E-state index contributed by atoms with van der Waals surface area (Å²) >= 11 is 0. The van der Waals surface area contributed by atoms with Gasteiger partial charge in [0.2, 0.25) is 0 Å². The van der Waals surface area contributed by atoms with Crippen LogP contribution in [0.4, 0.5) is 0 Å². The van der Waals surface area contributed by atoms with Crippen LogP contribution in [0.5, 0.6) is 0 Å². The van der Waals surface area contributed by atoms with Crippen molar-refractivity contribution in [1.82, 2.24) is 14.8 Å². The largest absolute Gasteiger partial charge is 0.458 e. The second kappa shape index (κ2) is 11.8. The Balaban J connectivity index is 1.41. The summed E-state index contributed by atoms with van der Waals surface area (Å²) in [7, 11) is 0. The third-order valence-electron chi connectivity index (χ3n) is 6.64. The van der Waals surface area contributed by atoms with E-state index < -0.39 is 5.60 Å². The van der Waals surface area contributed by atoms with Crippen LogP contribution in [-0.2, 0) is 20.8 Å². The number of nitrogens with zero attached hydrogens (tertiary/aromatic N) is 3. The van der Waals surface area contributed by atoms with Gasteiger partial charge in [0.25, 0.3) is 5.56 Å². The van der Waals surface area contributed by atoms with E-state index in [9.17, 15) is 9.59 Å². The molecular formula is C30H37N3O4. The number of benzene rings is 1. The van der Waals surface area contributed by atoms with Gasteiger partial charge in [-0.3, -0.25) is 9.78 Å². The van der Waals surface area contributed by atoms with Crippen molar-refractivity contribution in [2.24, 2.45) is 11.8 Å². The SMILES string of the molecule is Cc1cc(-c2cc(=O)n(C[C@H]3CC[C@H](COCC(=O)OC(C)(C)C)CC3)nc2-c2ccccc2)ccn1. The normalized spacial score (nSPS) is 17.9. The summed E-state index contributed by atoms with van der Waals surface area (Å²) in [6, 6.07) is 15.6. The molecule has 1 aliphatic rings. The van der Waals surface area contributed by atoms with Crippen molar-refractivity contribution < 1.29 is 14.3 Å². The average molecular weight is 504 g/mol. The topological polar surface area (TPSA) is 83.3 Å². The van der Waals surface area contributed by atoms with Crippen molar-refractivity contribution in [3.63, 3.8) is 0 Å². The third kappa shape index (κ3) is 7.59. The smallest absolute Gasteiger partial charge is 0.332 e. The molecule has 4 rings (SSSR count). The Bertz CT molecular complexity index is 1260. The van der Waals surface area contributed by atoms with E-state index in [0.717, 1.165) is 53.8 Å². The van der Waals surface area contributed by atoms with Crippen LogP contribution < -0.4 is 5.56 Å². The van der Waals surface area contributed by atoms with Gasteiger partial charge in [0.05, 0.1) is 12.3 Å². The Hall–Kier alpha value is -3.32. The van der Waals surface area contributed by atoms with Crippen LogP contribution >= 0.6 is 0 Å². The summed E-state index contributed by atoms with van der Waals surface area (Å²) in [5.74, 6) is 0.469. The molecule has 0 saturated heterocycles. The van der Waals surface area contributed by atoms with Crippen molar-refractivity contribution in [2.45, 2.75) is 65.5 Å². The summed E-state index contributed by atoms with van der Waals surface area (Å²) < 4.78 is 12.6. The van der Waals surface area contributed by atoms with Crippen LogP contribution in [0.1, 0.15) is 52.1 Å². The Labute approximate surface area is 218 Å². The van der Waals surface area contributed by atoms with Gasteiger partial charge < -0.3 is 9.47 Å². The molecule has 196 valence electrons. The Kier molecular flexibility index (Phi) is 8.54. The third-order valence-corrected chi connectivity index (χ3v) is 6.64. The molecule has 1 aromatic carbocycles. The van der Waals surface area contributed by atoms with Gasteiger partial charge in [-0.25, -0.2) is 9.48 Å². The summed E-state index contributed by atoms with van der Waals surface area (Å²) in [6.45, 7) is 8.64. The van der Waals surface area contributed by atoms with Gasteiger partial charge in [0.15, 0.2) is 0 Å². The number of aryl methyl sites for hydroxylation is 1. The van der Waals surface area contributed by atoms with E-state index in [-0.39, 0.29) is 18.1 Å². The number of carbonyl (C=O) groups is 1. The van der Waals surface area contributed by atoms with Crippen LogP contribution in [-0.4, -0.2) is 39.5 Å². The van der Waals surface area contributed by atoms with Crippen LogP contribution in [0.3, 0.4) is 0 Å². The number of hydrogen-bond donors (Lipinski definition) is 0. The molecule has 0 unspecified atom stereocenters. The maximum Gasteiger partial charge on any atom is 0.332 e. The van der Waals surface area contributed by atoms with E-state index in [4.69, 9.17) is 14.6 Å². The Morgan fingerprint density at radius 1 is 1.00 bits per heavy atom. The quantitative estimate of drug-likeness (QED) is 0.380. The van der Waals surface area contributed by atoms with Crippen molar-refractivity contribution in [1.29, 1.82) is 0 Å². The van der Waals surface area contributed by atoms with Crippen molar-refractivity contribution in [2.75, 3.05) is 13.2 Å². The minimum absolute atomic E-state index is 0.0118. The molecule has 0 bridgehead atoms. The van der Waals surface area contributed by atoms with E-state index in [1.54, 1.807) is 16.9 Å². The first-order valence-corrected chi connectivity index (χ1v) is 13.1. The lowest BCUT2D eigenvalue weighted by Crippen LogP contribution is -2.30. The maximum absolute atomic E-state index is 13.1. The molecule has 2 aromatic heterocycles. The molecule has 1 aliphatic carbocycles. The van der Waals surface area contributed by atoms with E-state index in [0.29, 0.717) is 25.0 Å². The number of esters is 1. The van der Waals surface area contributed by atoms with Gasteiger partial charge in [0.1, 0.15) is 12.2 Å². The second-order valence-electron chi connectivity index (χ2n) is 11.0. The van der Waals surface area contributed by atoms with Gasteiger partial charge in [-0.05, 0) is 82.9 Å². The monoisotopic (exact) mass is 503 g/mol. The van der Waals surface area contributed by atoms with E-state index in [1.165, 1.54) is 0 Å². The highest BCUT2D eigenvalue weighted by molar-refractivity contribution is 5.80. The molecule has 0 atom stereocenters. The maximum atomic E-state index is 13.1. The highest BCUT2D eigenvalue weighted by atomic mass is 16.6. The molecule has 2 heterocycles. The lowest BCUT2D eigenvalue weighted by atomic mass is 9.82. The van der Waals surface area contributed by atoms with E-state index in [1.807, 2.05) is 70.2 Å². The average Bonchev–Trinajstić information content (AvgIpc) is 2.85. The predicted octanol–water partition coefficient (Wildman–Crippen LogP) is 5.45. The minimum Gasteiger partial charge on any atom is -0.458 e. The molecule has 7 nitrogen and oxygen atoms in total. The van der Waals surface area contributed by atoms with E-state index in [2.05, 4.69) is 4.98 Å². The van der Waals surface area contributed by atoms with Gasteiger partial charge in [-0.15, -0.1) is 0 Å². The van der Waals surface area contributed by atoms with Crippen LogP contribution in [0.25, 0.3) is 22.4 Å². The van der Waals surface area contributed by atoms with Gasteiger partial charge in [0, 0.05) is 35.6 Å². The van der Waals surface area contributed by atoms with E-state index >= 15 is 0 Å². The molecule has 0 spiro atoms. The fraction of sp³-hybridized carbons (Fsp3) is 0.467. The molecule has 7 heteroatoms. The summed E-state index contributed by atoms with van der Waals surface area (Å²) in [5.41, 5.74) is 3.85. The zero-order chi connectivity index (χ0) is 26.4. The van der Waals surface area contributed by atoms with Crippen molar-refractivity contribution in [3.05, 3.63) is 70.8 Å². The fourth-order valence-corrected chi connectivity index (χ4v) is 4.87. The molecule has 1 fully saturated rings.